The predicted octanol–water partition coefficient (Wildman–Crippen LogP) is 4.69. The molecule has 0 aliphatic rings. The van der Waals surface area contributed by atoms with E-state index in [1.807, 2.05) is 0 Å². The Morgan fingerprint density at radius 1 is 1.00 bits per heavy atom. The quantitative estimate of drug-likeness (QED) is 0.275. The number of halogens is 6. The molecule has 3 N–H and O–H groups in total. The van der Waals surface area contributed by atoms with Gasteiger partial charge in [0.2, 0.25) is 5.43 Å². The van der Waals surface area contributed by atoms with Crippen LogP contribution in [0.1, 0.15) is 28.4 Å². The van der Waals surface area contributed by atoms with Crippen molar-refractivity contribution in [2.45, 2.75) is 25.8 Å². The zero-order valence-electron chi connectivity index (χ0n) is 17.3. The zero-order chi connectivity index (χ0) is 25.3. The second-order valence-corrected chi connectivity index (χ2v) is 7.37. The molecule has 0 spiro atoms. The number of benzene rings is 2. The van der Waals surface area contributed by atoms with Crippen LogP contribution in [0, 0.1) is 0 Å². The number of nitrogens with one attached hydrogen (secondary N) is 3. The van der Waals surface area contributed by atoms with Crippen molar-refractivity contribution in [2.75, 3.05) is 5.32 Å². The lowest BCUT2D eigenvalue weighted by Gasteiger charge is -2.17. The molecule has 3 rings (SSSR count). The van der Waals surface area contributed by atoms with E-state index in [0.29, 0.717) is 6.07 Å². The summed E-state index contributed by atoms with van der Waals surface area (Å²) >= 11 is 4.89. The number of hydrogen-bond acceptors (Lipinski definition) is 3. The summed E-state index contributed by atoms with van der Waals surface area (Å²) in [5.41, 5.74) is 0.592. The van der Waals surface area contributed by atoms with Crippen molar-refractivity contribution >= 4 is 39.8 Å². The number of fused-ring (bicyclic) bond motifs is 1. The number of anilines is 1. The molecule has 0 aliphatic carbocycles. The molecule has 0 fully saturated rings. The second kappa shape index (κ2) is 9.33. The third-order valence-corrected chi connectivity index (χ3v) is 4.97. The van der Waals surface area contributed by atoms with Crippen LogP contribution in [0.4, 0.5) is 32.0 Å². The topological polar surface area (TPSA) is 75.2 Å². The van der Waals surface area contributed by atoms with Gasteiger partial charge in [0.25, 0.3) is 5.91 Å². The van der Waals surface area contributed by atoms with E-state index in [2.05, 4.69) is 16.2 Å². The van der Waals surface area contributed by atoms with Gasteiger partial charge in [0.1, 0.15) is 5.56 Å². The van der Waals surface area contributed by atoms with Crippen LogP contribution in [0.15, 0.2) is 53.5 Å². The smallest absolute Gasteiger partial charge is 0.347 e. The zero-order valence-corrected chi connectivity index (χ0v) is 18.1. The van der Waals surface area contributed by atoms with Crippen LogP contribution in [0.25, 0.3) is 10.9 Å². The number of hydrazine groups is 1. The molecule has 6 nitrogen and oxygen atoms in total. The molecule has 0 saturated carbocycles. The second-order valence-electron chi connectivity index (χ2n) is 6.96. The number of thiocarbonyl (C=S) groups is 1. The van der Waals surface area contributed by atoms with E-state index in [9.17, 15) is 35.9 Å². The molecule has 1 amide bonds. The van der Waals surface area contributed by atoms with E-state index in [4.69, 9.17) is 12.2 Å². The molecular weight excluding hydrogens is 486 g/mol. The van der Waals surface area contributed by atoms with Crippen molar-refractivity contribution in [3.8, 4) is 0 Å². The van der Waals surface area contributed by atoms with Crippen LogP contribution in [0.3, 0.4) is 0 Å². The fourth-order valence-corrected chi connectivity index (χ4v) is 3.33. The summed E-state index contributed by atoms with van der Waals surface area (Å²) in [4.78, 5) is 25.3. The SMILES string of the molecule is CCn1cc(C(=O)NNC(=S)Nc2ccccc2C(F)(F)F)c(=O)c2cc(C(F)(F)F)ccc21. The number of alkyl halides is 6. The molecule has 0 radical (unpaired) electrons. The molecule has 34 heavy (non-hydrogen) atoms. The molecule has 0 saturated heterocycles. The summed E-state index contributed by atoms with van der Waals surface area (Å²) in [6, 6.07) is 7.12. The highest BCUT2D eigenvalue weighted by atomic mass is 32.1. The largest absolute Gasteiger partial charge is 0.418 e. The van der Waals surface area contributed by atoms with Gasteiger partial charge in [-0.15, -0.1) is 0 Å². The average Bonchev–Trinajstić information content (AvgIpc) is 2.76. The third kappa shape index (κ3) is 5.30. The molecule has 0 unspecified atom stereocenters. The predicted molar refractivity (Wildman–Crippen MR) is 117 cm³/mol. The van der Waals surface area contributed by atoms with E-state index < -0.39 is 45.5 Å². The lowest BCUT2D eigenvalue weighted by Crippen LogP contribution is -2.45. The first-order valence-electron chi connectivity index (χ1n) is 9.61. The van der Waals surface area contributed by atoms with Crippen LogP contribution >= 0.6 is 12.2 Å². The normalized spacial score (nSPS) is 11.9. The summed E-state index contributed by atoms with van der Waals surface area (Å²) in [6.07, 6.45) is -8.18. The lowest BCUT2D eigenvalue weighted by molar-refractivity contribution is -0.138. The van der Waals surface area contributed by atoms with Crippen molar-refractivity contribution in [1.82, 2.24) is 15.4 Å². The van der Waals surface area contributed by atoms with Crippen LogP contribution < -0.4 is 21.6 Å². The van der Waals surface area contributed by atoms with Crippen LogP contribution in [0.2, 0.25) is 0 Å². The van der Waals surface area contributed by atoms with Crippen LogP contribution in [-0.2, 0) is 18.9 Å². The molecule has 0 bridgehead atoms. The summed E-state index contributed by atoms with van der Waals surface area (Å²) < 4.78 is 80.0. The highest BCUT2D eigenvalue weighted by Crippen LogP contribution is 2.34. The first kappa shape index (κ1) is 25.0. The maximum absolute atomic E-state index is 13.1. The summed E-state index contributed by atoms with van der Waals surface area (Å²) in [5, 5.41) is 1.56. The number of aromatic nitrogens is 1. The molecule has 3 aromatic rings. The highest BCUT2D eigenvalue weighted by molar-refractivity contribution is 7.80. The maximum Gasteiger partial charge on any atom is 0.418 e. The number of pyridine rings is 1. The Hall–Kier alpha value is -3.61. The van der Waals surface area contributed by atoms with Crippen molar-refractivity contribution in [3.63, 3.8) is 0 Å². The number of nitrogens with zero attached hydrogens (tertiary/aromatic N) is 1. The van der Waals surface area contributed by atoms with Gasteiger partial charge in [0.05, 0.1) is 22.3 Å². The van der Waals surface area contributed by atoms with Gasteiger partial charge in [-0.25, -0.2) is 0 Å². The molecule has 0 atom stereocenters. The first-order valence-corrected chi connectivity index (χ1v) is 10.0. The maximum atomic E-state index is 13.1. The Morgan fingerprint density at radius 2 is 1.68 bits per heavy atom. The van der Waals surface area contributed by atoms with E-state index in [1.54, 1.807) is 6.92 Å². The average molecular weight is 502 g/mol. The molecular formula is C21H16F6N4O2S. The van der Waals surface area contributed by atoms with Gasteiger partial charge in [-0.3, -0.25) is 20.4 Å². The van der Waals surface area contributed by atoms with Gasteiger partial charge in [0.15, 0.2) is 5.11 Å². The molecule has 180 valence electrons. The third-order valence-electron chi connectivity index (χ3n) is 4.76. The molecule has 13 heteroatoms. The Morgan fingerprint density at radius 3 is 2.29 bits per heavy atom. The first-order chi connectivity index (χ1) is 15.8. The molecule has 1 heterocycles. The van der Waals surface area contributed by atoms with Crippen LogP contribution in [0.5, 0.6) is 0 Å². The summed E-state index contributed by atoms with van der Waals surface area (Å²) in [5.74, 6) is -1.04. The van der Waals surface area contributed by atoms with E-state index in [-0.39, 0.29) is 23.1 Å². The fraction of sp³-hybridized carbons (Fsp3) is 0.190. The standard InChI is InChI=1S/C21H16F6N4O2S/c1-2-31-10-13(17(32)12-9-11(20(22,23)24)7-8-16(12)31)18(33)29-30-19(34)28-15-6-4-3-5-14(15)21(25,26)27/h3-10H,2H2,1H3,(H,29,33)(H2,28,30,34). The Labute approximate surface area is 193 Å². The summed E-state index contributed by atoms with van der Waals surface area (Å²) in [6.45, 7) is 1.91. The Bertz CT molecular complexity index is 1320. The van der Waals surface area contributed by atoms with E-state index in [1.165, 1.54) is 22.9 Å². The Balaban J connectivity index is 1.84. The van der Waals surface area contributed by atoms with Crippen molar-refractivity contribution < 1.29 is 31.1 Å². The van der Waals surface area contributed by atoms with Crippen LogP contribution in [-0.4, -0.2) is 15.6 Å². The highest BCUT2D eigenvalue weighted by Gasteiger charge is 2.33. The van der Waals surface area contributed by atoms with Crippen molar-refractivity contribution in [3.05, 3.63) is 75.6 Å². The molecule has 1 aromatic heterocycles. The minimum atomic E-state index is -4.69. The van der Waals surface area contributed by atoms with Gasteiger partial charge < -0.3 is 9.88 Å². The van der Waals surface area contributed by atoms with Gasteiger partial charge in [0, 0.05) is 18.1 Å². The van der Waals surface area contributed by atoms with Gasteiger partial charge in [-0.2, -0.15) is 26.3 Å². The van der Waals surface area contributed by atoms with E-state index >= 15 is 0 Å². The number of hydrogen-bond donors (Lipinski definition) is 3. The summed E-state index contributed by atoms with van der Waals surface area (Å²) in [7, 11) is 0. The van der Waals surface area contributed by atoms with Gasteiger partial charge in [-0.05, 0) is 49.5 Å². The van der Waals surface area contributed by atoms with E-state index in [0.717, 1.165) is 24.3 Å². The Kier molecular flexibility index (Phi) is 6.87. The number of carbonyl (C=O) groups excluding carboxylic acids is 1. The van der Waals surface area contributed by atoms with Gasteiger partial charge in [-0.1, -0.05) is 12.1 Å². The lowest BCUT2D eigenvalue weighted by atomic mass is 10.1. The van der Waals surface area contributed by atoms with Crippen molar-refractivity contribution in [1.29, 1.82) is 0 Å². The monoisotopic (exact) mass is 502 g/mol. The minimum Gasteiger partial charge on any atom is -0.347 e. The van der Waals surface area contributed by atoms with Gasteiger partial charge >= 0.3 is 12.4 Å². The molecule has 0 aliphatic heterocycles. The number of amides is 1. The molecule has 2 aromatic carbocycles. The number of carbonyl (C=O) groups is 1. The minimum absolute atomic E-state index is 0.200. The van der Waals surface area contributed by atoms with Crippen molar-refractivity contribution in [2.24, 2.45) is 0 Å². The number of aryl methyl sites for hydroxylation is 1. The number of para-hydroxylation sites is 1. The fourth-order valence-electron chi connectivity index (χ4n) is 3.17. The number of rotatable bonds is 3.